The zero-order valence-corrected chi connectivity index (χ0v) is 25.6. The Balaban J connectivity index is 1.34. The molecule has 0 saturated heterocycles. The summed E-state index contributed by atoms with van der Waals surface area (Å²) >= 11 is 0. The van der Waals surface area contributed by atoms with Gasteiger partial charge in [-0.2, -0.15) is 9.78 Å². The van der Waals surface area contributed by atoms with E-state index in [1.807, 2.05) is 55.5 Å². The first-order chi connectivity index (χ1) is 22.4. The van der Waals surface area contributed by atoms with Crippen LogP contribution in [0.5, 0.6) is 23.0 Å². The van der Waals surface area contributed by atoms with E-state index in [2.05, 4.69) is 10.4 Å². The highest BCUT2D eigenvalue weighted by molar-refractivity contribution is 5.92. The van der Waals surface area contributed by atoms with Crippen LogP contribution in [-0.2, 0) is 4.79 Å². The van der Waals surface area contributed by atoms with Gasteiger partial charge in [-0.1, -0.05) is 35.9 Å². The highest BCUT2D eigenvalue weighted by Gasteiger charge is 2.19. The fourth-order valence-electron chi connectivity index (χ4n) is 4.93. The third kappa shape index (κ3) is 5.98. The normalized spacial score (nSPS) is 11.2. The number of aryl methyl sites for hydroxylation is 1. The van der Waals surface area contributed by atoms with Crippen molar-refractivity contribution in [1.29, 1.82) is 0 Å². The van der Waals surface area contributed by atoms with Crippen LogP contribution in [0.3, 0.4) is 0 Å². The third-order valence-corrected chi connectivity index (χ3v) is 7.20. The van der Waals surface area contributed by atoms with E-state index in [1.54, 1.807) is 43.5 Å². The lowest BCUT2D eigenvalue weighted by Gasteiger charge is -2.15. The number of fused-ring (bicyclic) bond motifs is 2. The highest BCUT2D eigenvalue weighted by Crippen LogP contribution is 2.38. The molecule has 1 amide bonds. The van der Waals surface area contributed by atoms with Gasteiger partial charge in [-0.15, -0.1) is 0 Å². The Kier molecular flexibility index (Phi) is 8.38. The number of ether oxygens (including phenoxy) is 4. The second-order valence-corrected chi connectivity index (χ2v) is 10.3. The molecule has 1 N–H and O–H groups in total. The molecule has 0 bridgehead atoms. The van der Waals surface area contributed by atoms with Crippen LogP contribution in [0.4, 0.5) is 5.69 Å². The van der Waals surface area contributed by atoms with E-state index in [-0.39, 0.29) is 29.6 Å². The first kappa shape index (κ1) is 29.9. The van der Waals surface area contributed by atoms with Gasteiger partial charge in [0.2, 0.25) is 11.6 Å². The molecule has 0 aliphatic heterocycles. The van der Waals surface area contributed by atoms with Crippen molar-refractivity contribution in [3.8, 4) is 34.6 Å². The number of aromatic nitrogens is 2. The number of rotatable bonds is 10. The Hall–Kier alpha value is -6.10. The summed E-state index contributed by atoms with van der Waals surface area (Å²) in [5.74, 6) is 1.66. The van der Waals surface area contributed by atoms with Gasteiger partial charge in [0, 0.05) is 11.3 Å². The van der Waals surface area contributed by atoms with Gasteiger partial charge in [-0.05, 0) is 61.5 Å². The molecule has 0 saturated carbocycles. The summed E-state index contributed by atoms with van der Waals surface area (Å²) in [5, 5.41) is 8.45. The lowest BCUT2D eigenvalue weighted by molar-refractivity contribution is -0.118. The van der Waals surface area contributed by atoms with Crippen LogP contribution < -0.4 is 29.8 Å². The Morgan fingerprint density at radius 1 is 0.891 bits per heavy atom. The predicted molar refractivity (Wildman–Crippen MR) is 176 cm³/mol. The van der Waals surface area contributed by atoms with Gasteiger partial charge in [0.05, 0.1) is 43.8 Å². The van der Waals surface area contributed by atoms with Crippen molar-refractivity contribution in [1.82, 2.24) is 9.66 Å². The molecule has 2 aromatic heterocycles. The minimum Gasteiger partial charge on any atom is -0.496 e. The van der Waals surface area contributed by atoms with Crippen molar-refractivity contribution in [3.05, 3.63) is 106 Å². The molecule has 11 heteroatoms. The van der Waals surface area contributed by atoms with E-state index in [4.69, 9.17) is 28.3 Å². The summed E-state index contributed by atoms with van der Waals surface area (Å²) in [6, 6.07) is 25.0. The molecule has 0 unspecified atom stereocenters. The number of nitrogens with zero attached hydrogens (tertiary/aromatic N) is 3. The van der Waals surface area contributed by atoms with Gasteiger partial charge in [-0.3, -0.25) is 9.59 Å². The summed E-state index contributed by atoms with van der Waals surface area (Å²) in [5.41, 5.74) is 2.96. The molecule has 0 aliphatic carbocycles. The second kappa shape index (κ2) is 12.9. The maximum atomic E-state index is 13.7. The van der Waals surface area contributed by atoms with Crippen molar-refractivity contribution in [2.45, 2.75) is 6.92 Å². The van der Waals surface area contributed by atoms with E-state index < -0.39 is 0 Å². The fourth-order valence-corrected chi connectivity index (χ4v) is 4.93. The molecule has 2 heterocycles. The topological polar surface area (TPSA) is 126 Å². The minimum absolute atomic E-state index is 0.205. The molecule has 6 rings (SSSR count). The summed E-state index contributed by atoms with van der Waals surface area (Å²) in [6.07, 6.45) is 1.48. The van der Waals surface area contributed by atoms with Gasteiger partial charge >= 0.3 is 0 Å². The molecular formula is C35H30N4O7. The van der Waals surface area contributed by atoms with E-state index in [0.717, 1.165) is 10.9 Å². The standard InChI is InChI=1S/C35H30N4O7/c1-21-12-14-23(15-13-21)37-32(40)20-45-33-29(43-3)16-22(17-30(33)44-4)19-36-39-34(38-26-9-6-5-8-24(26)35(39)41)31-18-25-27(42-2)10-7-11-28(25)46-31/h5-19H,20H2,1-4H3,(H,37,40). The summed E-state index contributed by atoms with van der Waals surface area (Å²) < 4.78 is 29.7. The second-order valence-electron chi connectivity index (χ2n) is 10.3. The molecule has 0 atom stereocenters. The number of nitrogens with one attached hydrogen (secondary N) is 1. The SMILES string of the molecule is COc1cc(C=Nn2c(-c3cc4c(OC)cccc4o3)nc3ccccc3c2=O)cc(OC)c1OCC(=O)Nc1ccc(C)cc1. The first-order valence-electron chi connectivity index (χ1n) is 14.3. The van der Waals surface area contributed by atoms with Gasteiger partial charge in [0.1, 0.15) is 11.3 Å². The number of furan rings is 1. The van der Waals surface area contributed by atoms with E-state index in [9.17, 15) is 9.59 Å². The number of anilines is 1. The lowest BCUT2D eigenvalue weighted by Crippen LogP contribution is -2.20. The van der Waals surface area contributed by atoms with Crippen molar-refractivity contribution in [2.75, 3.05) is 33.3 Å². The number of benzene rings is 4. The molecule has 0 aliphatic rings. The molecule has 46 heavy (non-hydrogen) atoms. The highest BCUT2D eigenvalue weighted by atomic mass is 16.5. The van der Waals surface area contributed by atoms with Crippen LogP contribution in [0.15, 0.2) is 99.2 Å². The molecule has 232 valence electrons. The fraction of sp³-hybridized carbons (Fsp3) is 0.143. The molecular weight excluding hydrogens is 588 g/mol. The largest absolute Gasteiger partial charge is 0.496 e. The Labute approximate surface area is 263 Å². The summed E-state index contributed by atoms with van der Waals surface area (Å²) in [7, 11) is 4.52. The van der Waals surface area contributed by atoms with Crippen LogP contribution >= 0.6 is 0 Å². The van der Waals surface area contributed by atoms with Gasteiger partial charge in [0.15, 0.2) is 23.9 Å². The maximum absolute atomic E-state index is 13.7. The molecule has 0 spiro atoms. The first-order valence-corrected chi connectivity index (χ1v) is 14.3. The Morgan fingerprint density at radius 3 is 2.33 bits per heavy atom. The van der Waals surface area contributed by atoms with E-state index in [0.29, 0.717) is 50.7 Å². The molecule has 11 nitrogen and oxygen atoms in total. The third-order valence-electron chi connectivity index (χ3n) is 7.20. The minimum atomic E-state index is -0.386. The maximum Gasteiger partial charge on any atom is 0.282 e. The number of carbonyl (C=O) groups excluding carboxylic acids is 1. The molecule has 0 fully saturated rings. The van der Waals surface area contributed by atoms with Gasteiger partial charge < -0.3 is 28.7 Å². The molecule has 6 aromatic rings. The number of para-hydroxylation sites is 1. The van der Waals surface area contributed by atoms with Crippen molar-refractivity contribution >= 4 is 39.7 Å². The summed E-state index contributed by atoms with van der Waals surface area (Å²) in [6.45, 7) is 1.69. The van der Waals surface area contributed by atoms with Gasteiger partial charge in [0.25, 0.3) is 11.5 Å². The quantitative estimate of drug-likeness (QED) is 0.184. The number of carbonyl (C=O) groups is 1. The van der Waals surface area contributed by atoms with E-state index >= 15 is 0 Å². The average molecular weight is 619 g/mol. The van der Waals surface area contributed by atoms with Crippen LogP contribution in [0.1, 0.15) is 11.1 Å². The number of hydrogen-bond donors (Lipinski definition) is 1. The molecule has 0 radical (unpaired) electrons. The lowest BCUT2D eigenvalue weighted by atomic mass is 10.2. The van der Waals surface area contributed by atoms with Crippen LogP contribution in [0.2, 0.25) is 0 Å². The number of methoxy groups -OCH3 is 3. The van der Waals surface area contributed by atoms with Crippen LogP contribution in [0.25, 0.3) is 33.5 Å². The number of hydrogen-bond acceptors (Lipinski definition) is 9. The Bertz CT molecular complexity index is 2120. The predicted octanol–water partition coefficient (Wildman–Crippen LogP) is 6.04. The summed E-state index contributed by atoms with van der Waals surface area (Å²) in [4.78, 5) is 31.0. The zero-order chi connectivity index (χ0) is 32.2. The van der Waals surface area contributed by atoms with E-state index in [1.165, 1.54) is 25.1 Å². The Morgan fingerprint density at radius 2 is 1.61 bits per heavy atom. The van der Waals surface area contributed by atoms with Crippen molar-refractivity contribution in [2.24, 2.45) is 5.10 Å². The number of amides is 1. The van der Waals surface area contributed by atoms with Crippen LogP contribution in [0, 0.1) is 6.92 Å². The smallest absolute Gasteiger partial charge is 0.282 e. The molecule has 4 aromatic carbocycles. The van der Waals surface area contributed by atoms with Crippen molar-refractivity contribution < 1.29 is 28.2 Å². The monoisotopic (exact) mass is 618 g/mol. The van der Waals surface area contributed by atoms with Crippen molar-refractivity contribution in [3.63, 3.8) is 0 Å². The zero-order valence-electron chi connectivity index (χ0n) is 25.6. The average Bonchev–Trinajstić information content (AvgIpc) is 3.52. The van der Waals surface area contributed by atoms with Gasteiger partial charge in [-0.25, -0.2) is 4.98 Å². The van der Waals surface area contributed by atoms with Crippen LogP contribution in [-0.4, -0.2) is 49.7 Å².